The molecule has 1 aliphatic rings. The number of benzene rings is 1. The van der Waals surface area contributed by atoms with Gasteiger partial charge in [0.25, 0.3) is 0 Å². The van der Waals surface area contributed by atoms with Crippen LogP contribution in [-0.4, -0.2) is 38.4 Å². The first-order valence-corrected chi connectivity index (χ1v) is 9.29. The fourth-order valence-corrected chi connectivity index (χ4v) is 3.53. The van der Waals surface area contributed by atoms with Crippen LogP contribution in [0.1, 0.15) is 52.5 Å². The van der Waals surface area contributed by atoms with Crippen molar-refractivity contribution in [1.29, 1.82) is 0 Å². The molecule has 0 aliphatic carbocycles. The predicted octanol–water partition coefficient (Wildman–Crippen LogP) is 3.50. The monoisotopic (exact) mass is 348 g/mol. The van der Waals surface area contributed by atoms with Crippen LogP contribution >= 0.6 is 0 Å². The first kappa shape index (κ1) is 19.6. The molecule has 0 atom stereocenters. The maximum absolute atomic E-state index is 11.9. The normalized spacial score (nSPS) is 15.8. The van der Waals surface area contributed by atoms with Gasteiger partial charge in [-0.1, -0.05) is 19.9 Å². The number of nitrogens with zero attached hydrogens (tertiary/aromatic N) is 1. The van der Waals surface area contributed by atoms with Crippen molar-refractivity contribution in [2.24, 2.45) is 0 Å². The van der Waals surface area contributed by atoms with Gasteiger partial charge in [-0.3, -0.25) is 4.79 Å². The van der Waals surface area contributed by atoms with Gasteiger partial charge in [0.05, 0.1) is 24.4 Å². The number of carbonyl (C=O) groups excluding carboxylic acids is 1. The lowest BCUT2D eigenvalue weighted by molar-refractivity contribution is -0.144. The van der Waals surface area contributed by atoms with E-state index in [0.29, 0.717) is 19.1 Å². The van der Waals surface area contributed by atoms with E-state index in [1.807, 2.05) is 13.0 Å². The summed E-state index contributed by atoms with van der Waals surface area (Å²) in [7, 11) is 0. The molecule has 1 aliphatic heterocycles. The summed E-state index contributed by atoms with van der Waals surface area (Å²) in [6.45, 7) is 11.0. The summed E-state index contributed by atoms with van der Waals surface area (Å²) in [5.41, 5.74) is 8.99. The highest BCUT2D eigenvalue weighted by Gasteiger charge is 2.27. The quantitative estimate of drug-likeness (QED) is 0.603. The lowest BCUT2D eigenvalue weighted by atomic mass is 9.81. The molecular formula is C20H32N2O3. The Balaban J connectivity index is 2.19. The van der Waals surface area contributed by atoms with Gasteiger partial charge in [0, 0.05) is 31.2 Å². The van der Waals surface area contributed by atoms with Crippen LogP contribution in [0.25, 0.3) is 0 Å². The van der Waals surface area contributed by atoms with Gasteiger partial charge < -0.3 is 20.1 Å². The van der Waals surface area contributed by atoms with Crippen LogP contribution in [0.15, 0.2) is 18.2 Å². The Morgan fingerprint density at radius 2 is 2.00 bits per heavy atom. The van der Waals surface area contributed by atoms with Gasteiger partial charge in [-0.15, -0.1) is 0 Å². The van der Waals surface area contributed by atoms with E-state index in [2.05, 4.69) is 37.8 Å². The largest absolute Gasteiger partial charge is 0.466 e. The van der Waals surface area contributed by atoms with Gasteiger partial charge in [0.15, 0.2) is 0 Å². The average Bonchev–Trinajstić information content (AvgIpc) is 2.57. The molecule has 1 saturated heterocycles. The van der Waals surface area contributed by atoms with Gasteiger partial charge in [-0.05, 0) is 44.4 Å². The fraction of sp³-hybridized carbons (Fsp3) is 0.650. The highest BCUT2D eigenvalue weighted by Crippen LogP contribution is 2.34. The number of anilines is 2. The van der Waals surface area contributed by atoms with Crippen molar-refractivity contribution < 1.29 is 14.3 Å². The maximum Gasteiger partial charge on any atom is 0.306 e. The van der Waals surface area contributed by atoms with E-state index in [1.54, 1.807) is 0 Å². The number of nitrogens with two attached hydrogens (primary N) is 1. The van der Waals surface area contributed by atoms with Crippen molar-refractivity contribution in [1.82, 2.24) is 0 Å². The van der Waals surface area contributed by atoms with Crippen molar-refractivity contribution in [2.75, 3.05) is 37.0 Å². The zero-order chi connectivity index (χ0) is 18.4. The van der Waals surface area contributed by atoms with E-state index in [0.717, 1.165) is 49.5 Å². The second-order valence-corrected chi connectivity index (χ2v) is 7.27. The molecular weight excluding hydrogens is 316 g/mol. The summed E-state index contributed by atoms with van der Waals surface area (Å²) in [5, 5.41) is 0. The Morgan fingerprint density at radius 3 is 2.56 bits per heavy atom. The van der Waals surface area contributed by atoms with E-state index in [-0.39, 0.29) is 11.4 Å². The summed E-state index contributed by atoms with van der Waals surface area (Å²) < 4.78 is 10.6. The summed E-state index contributed by atoms with van der Waals surface area (Å²) in [5.74, 6) is -0.174. The third-order valence-electron chi connectivity index (χ3n) is 4.98. The first-order valence-electron chi connectivity index (χ1n) is 9.29. The summed E-state index contributed by atoms with van der Waals surface area (Å²) in [6.07, 6.45) is 2.41. The van der Waals surface area contributed by atoms with Crippen LogP contribution in [0, 0.1) is 0 Å². The Kier molecular flexibility index (Phi) is 6.71. The molecule has 5 nitrogen and oxygen atoms in total. The van der Waals surface area contributed by atoms with Gasteiger partial charge in [0.1, 0.15) is 0 Å². The Morgan fingerprint density at radius 1 is 1.32 bits per heavy atom. The van der Waals surface area contributed by atoms with Gasteiger partial charge >= 0.3 is 5.97 Å². The second-order valence-electron chi connectivity index (χ2n) is 7.27. The molecule has 1 aromatic rings. The van der Waals surface area contributed by atoms with E-state index < -0.39 is 0 Å². The van der Waals surface area contributed by atoms with E-state index in [9.17, 15) is 4.79 Å². The molecule has 0 amide bonds. The van der Waals surface area contributed by atoms with Gasteiger partial charge in [-0.25, -0.2) is 0 Å². The smallest absolute Gasteiger partial charge is 0.306 e. The highest BCUT2D eigenvalue weighted by molar-refractivity contribution is 5.73. The molecule has 140 valence electrons. The maximum atomic E-state index is 11.9. The molecule has 2 N–H and O–H groups in total. The van der Waals surface area contributed by atoms with Crippen LogP contribution in [0.3, 0.4) is 0 Å². The molecule has 2 rings (SSSR count). The van der Waals surface area contributed by atoms with Gasteiger partial charge in [0.2, 0.25) is 0 Å². The average molecular weight is 348 g/mol. The number of hydrogen-bond donors (Lipinski definition) is 1. The number of carbonyl (C=O) groups is 1. The number of esters is 1. The highest BCUT2D eigenvalue weighted by atomic mass is 16.5. The zero-order valence-electron chi connectivity index (χ0n) is 16.0. The topological polar surface area (TPSA) is 64.8 Å². The number of hydrogen-bond acceptors (Lipinski definition) is 5. The first-order chi connectivity index (χ1) is 11.9. The SMILES string of the molecule is CCOC(=O)CC(C)(C)c1ccc(N(CC)C2CCOCC2)c(N)c1. The van der Waals surface area contributed by atoms with Crippen molar-refractivity contribution in [3.63, 3.8) is 0 Å². The second kappa shape index (κ2) is 8.56. The predicted molar refractivity (Wildman–Crippen MR) is 102 cm³/mol. The van der Waals surface area contributed by atoms with Crippen LogP contribution in [-0.2, 0) is 19.7 Å². The van der Waals surface area contributed by atoms with Gasteiger partial charge in [-0.2, -0.15) is 0 Å². The van der Waals surface area contributed by atoms with Crippen LogP contribution < -0.4 is 10.6 Å². The fourth-order valence-electron chi connectivity index (χ4n) is 3.53. The van der Waals surface area contributed by atoms with E-state index in [4.69, 9.17) is 15.2 Å². The Labute approximate surface area is 151 Å². The molecule has 1 heterocycles. The molecule has 1 aromatic carbocycles. The third kappa shape index (κ3) is 4.88. The number of ether oxygens (including phenoxy) is 2. The Hall–Kier alpha value is -1.75. The van der Waals surface area contributed by atoms with Crippen molar-refractivity contribution in [3.05, 3.63) is 23.8 Å². The molecule has 0 saturated carbocycles. The van der Waals surface area contributed by atoms with Crippen molar-refractivity contribution >= 4 is 17.3 Å². The molecule has 0 radical (unpaired) electrons. The van der Waals surface area contributed by atoms with E-state index >= 15 is 0 Å². The van der Waals surface area contributed by atoms with Crippen molar-refractivity contribution in [3.8, 4) is 0 Å². The molecule has 1 fully saturated rings. The minimum absolute atomic E-state index is 0.174. The summed E-state index contributed by atoms with van der Waals surface area (Å²) >= 11 is 0. The van der Waals surface area contributed by atoms with Crippen LogP contribution in [0.5, 0.6) is 0 Å². The zero-order valence-corrected chi connectivity index (χ0v) is 16.0. The third-order valence-corrected chi connectivity index (χ3v) is 4.98. The number of nitrogen functional groups attached to an aromatic ring is 1. The molecule has 25 heavy (non-hydrogen) atoms. The minimum atomic E-state index is -0.311. The van der Waals surface area contributed by atoms with Crippen LogP contribution in [0.2, 0.25) is 0 Å². The summed E-state index contributed by atoms with van der Waals surface area (Å²) in [6, 6.07) is 6.67. The van der Waals surface area contributed by atoms with Crippen LogP contribution in [0.4, 0.5) is 11.4 Å². The van der Waals surface area contributed by atoms with Crippen molar-refractivity contribution in [2.45, 2.75) is 58.4 Å². The molecule has 0 unspecified atom stereocenters. The molecule has 0 aromatic heterocycles. The lowest BCUT2D eigenvalue weighted by Gasteiger charge is -2.36. The Bertz CT molecular complexity index is 580. The standard InChI is InChI=1S/C20H32N2O3/c1-5-22(16-9-11-24-12-10-16)18-8-7-15(13-17(18)21)20(3,4)14-19(23)25-6-2/h7-8,13,16H,5-6,9-12,14,21H2,1-4H3. The number of rotatable bonds is 7. The molecule has 5 heteroatoms. The molecule has 0 bridgehead atoms. The minimum Gasteiger partial charge on any atom is -0.466 e. The summed E-state index contributed by atoms with van der Waals surface area (Å²) in [4.78, 5) is 14.2. The molecule has 0 spiro atoms. The lowest BCUT2D eigenvalue weighted by Crippen LogP contribution is -2.39. The van der Waals surface area contributed by atoms with E-state index in [1.165, 1.54) is 0 Å².